The summed E-state index contributed by atoms with van der Waals surface area (Å²) in [6, 6.07) is 15.0. The second kappa shape index (κ2) is 8.55. The van der Waals surface area contributed by atoms with Crippen LogP contribution in [0.25, 0.3) is 11.3 Å². The highest BCUT2D eigenvalue weighted by Gasteiger charge is 2.16. The van der Waals surface area contributed by atoms with Crippen molar-refractivity contribution in [2.75, 3.05) is 19.0 Å². The van der Waals surface area contributed by atoms with Crippen LogP contribution in [0, 0.1) is 0 Å². The Balaban J connectivity index is 1.88. The topological polar surface area (TPSA) is 80.7 Å². The fraction of sp³-hybridized carbons (Fsp3) is 0.200. The Morgan fingerprint density at radius 3 is 2.37 bits per heavy atom. The molecule has 140 valence electrons. The number of anilines is 2. The Bertz CT molecular complexity index is 905. The summed E-state index contributed by atoms with van der Waals surface area (Å²) in [5.41, 5.74) is 2.37. The second-order valence-electron chi connectivity index (χ2n) is 5.67. The predicted octanol–water partition coefficient (Wildman–Crippen LogP) is 4.59. The van der Waals surface area contributed by atoms with Crippen molar-refractivity contribution in [2.24, 2.45) is 0 Å². The van der Waals surface area contributed by atoms with Crippen molar-refractivity contribution in [3.8, 4) is 22.8 Å². The number of hydrogen-bond donors (Lipinski definition) is 2. The smallest absolute Gasteiger partial charge is 0.308 e. The lowest BCUT2D eigenvalue weighted by molar-refractivity contribution is -0.136. The van der Waals surface area contributed by atoms with Crippen LogP contribution in [0.15, 0.2) is 48.5 Å². The Morgan fingerprint density at radius 1 is 1.11 bits per heavy atom. The first-order valence-corrected chi connectivity index (χ1v) is 9.26. The number of rotatable bonds is 8. The molecule has 2 aromatic carbocycles. The van der Waals surface area contributed by atoms with Crippen LogP contribution in [0.4, 0.5) is 10.8 Å². The molecule has 0 unspecified atom stereocenters. The zero-order chi connectivity index (χ0) is 19.2. The van der Waals surface area contributed by atoms with Crippen LogP contribution < -0.4 is 14.8 Å². The Kier molecular flexibility index (Phi) is 5.93. The molecular formula is C20H20N2O4S. The number of carbonyl (C=O) groups is 1. The van der Waals surface area contributed by atoms with E-state index in [0.29, 0.717) is 22.3 Å². The largest absolute Gasteiger partial charge is 0.497 e. The molecule has 0 aliphatic carbocycles. The number of thiazole rings is 1. The molecule has 2 N–H and O–H groups in total. The highest BCUT2D eigenvalue weighted by atomic mass is 32.1. The summed E-state index contributed by atoms with van der Waals surface area (Å²) >= 11 is 1.34. The van der Waals surface area contributed by atoms with E-state index < -0.39 is 5.97 Å². The summed E-state index contributed by atoms with van der Waals surface area (Å²) < 4.78 is 10.6. The van der Waals surface area contributed by atoms with Gasteiger partial charge in [-0.3, -0.25) is 4.79 Å². The number of nitrogens with zero attached hydrogens (tertiary/aromatic N) is 1. The highest BCUT2D eigenvalue weighted by molar-refractivity contribution is 7.16. The summed E-state index contributed by atoms with van der Waals surface area (Å²) in [7, 11) is 1.62. The molecule has 0 radical (unpaired) electrons. The minimum atomic E-state index is -0.887. The van der Waals surface area contributed by atoms with Gasteiger partial charge >= 0.3 is 5.97 Å². The quantitative estimate of drug-likeness (QED) is 0.591. The maximum Gasteiger partial charge on any atom is 0.308 e. The van der Waals surface area contributed by atoms with Gasteiger partial charge in [-0.1, -0.05) is 0 Å². The fourth-order valence-corrected chi connectivity index (χ4v) is 3.56. The highest BCUT2D eigenvalue weighted by Crippen LogP contribution is 2.34. The van der Waals surface area contributed by atoms with E-state index in [9.17, 15) is 9.90 Å². The molecule has 3 rings (SSSR count). The van der Waals surface area contributed by atoms with E-state index in [2.05, 4.69) is 10.3 Å². The maximum atomic E-state index is 11.3. The number of aliphatic carboxylic acids is 1. The number of aromatic nitrogens is 1. The first-order valence-electron chi connectivity index (χ1n) is 8.45. The molecule has 0 aliphatic rings. The van der Waals surface area contributed by atoms with E-state index in [-0.39, 0.29) is 6.42 Å². The molecule has 0 saturated carbocycles. The molecule has 0 fully saturated rings. The number of hydrogen-bond acceptors (Lipinski definition) is 6. The van der Waals surface area contributed by atoms with Gasteiger partial charge in [-0.05, 0) is 55.5 Å². The lowest BCUT2D eigenvalue weighted by Gasteiger charge is -2.05. The normalized spacial score (nSPS) is 10.4. The number of benzene rings is 2. The molecule has 27 heavy (non-hydrogen) atoms. The van der Waals surface area contributed by atoms with E-state index in [4.69, 9.17) is 9.47 Å². The van der Waals surface area contributed by atoms with Gasteiger partial charge in [-0.15, -0.1) is 11.3 Å². The van der Waals surface area contributed by atoms with Crippen LogP contribution in [-0.2, 0) is 11.2 Å². The number of methoxy groups -OCH3 is 1. The average Bonchev–Trinajstić information content (AvgIpc) is 3.04. The molecular weight excluding hydrogens is 364 g/mol. The van der Waals surface area contributed by atoms with Crippen molar-refractivity contribution in [3.05, 3.63) is 53.4 Å². The number of carboxylic acid groups (broad SMARTS) is 1. The Hall–Kier alpha value is -3.06. The molecule has 0 saturated heterocycles. The monoisotopic (exact) mass is 384 g/mol. The van der Waals surface area contributed by atoms with Crippen LogP contribution >= 0.6 is 11.3 Å². The van der Waals surface area contributed by atoms with Crippen molar-refractivity contribution in [3.63, 3.8) is 0 Å². The fourth-order valence-electron chi connectivity index (χ4n) is 2.56. The van der Waals surface area contributed by atoms with E-state index in [1.165, 1.54) is 11.3 Å². The third-order valence-corrected chi connectivity index (χ3v) is 4.76. The zero-order valence-electron chi connectivity index (χ0n) is 15.1. The number of ether oxygens (including phenoxy) is 2. The van der Waals surface area contributed by atoms with Gasteiger partial charge in [0.2, 0.25) is 0 Å². The first kappa shape index (κ1) is 18.7. The van der Waals surface area contributed by atoms with Crippen molar-refractivity contribution < 1.29 is 19.4 Å². The van der Waals surface area contributed by atoms with Gasteiger partial charge in [-0.25, -0.2) is 4.98 Å². The van der Waals surface area contributed by atoms with Crippen LogP contribution in [0.5, 0.6) is 11.5 Å². The first-order chi connectivity index (χ1) is 13.1. The minimum Gasteiger partial charge on any atom is -0.497 e. The van der Waals surface area contributed by atoms with Gasteiger partial charge in [-0.2, -0.15) is 0 Å². The van der Waals surface area contributed by atoms with Gasteiger partial charge in [0.05, 0.1) is 25.8 Å². The van der Waals surface area contributed by atoms with Gasteiger partial charge < -0.3 is 19.9 Å². The van der Waals surface area contributed by atoms with Crippen LogP contribution in [-0.4, -0.2) is 29.8 Å². The van der Waals surface area contributed by atoms with Crippen molar-refractivity contribution in [2.45, 2.75) is 13.3 Å². The summed E-state index contributed by atoms with van der Waals surface area (Å²) in [4.78, 5) is 16.6. The van der Waals surface area contributed by atoms with Crippen molar-refractivity contribution in [1.82, 2.24) is 4.98 Å². The molecule has 7 heteroatoms. The second-order valence-corrected chi connectivity index (χ2v) is 6.76. The Morgan fingerprint density at radius 2 is 1.78 bits per heavy atom. The van der Waals surface area contributed by atoms with Gasteiger partial charge in [0.1, 0.15) is 11.5 Å². The molecule has 0 atom stereocenters. The summed E-state index contributed by atoms with van der Waals surface area (Å²) in [5, 5.41) is 13.1. The SMILES string of the molecule is CCOc1ccc(-c2nc(Nc3ccc(OC)cc3)sc2CC(=O)O)cc1. The van der Waals surface area contributed by atoms with E-state index >= 15 is 0 Å². The van der Waals surface area contributed by atoms with Gasteiger partial charge in [0.15, 0.2) is 5.13 Å². The van der Waals surface area contributed by atoms with Crippen molar-refractivity contribution in [1.29, 1.82) is 0 Å². The third-order valence-electron chi connectivity index (χ3n) is 3.79. The van der Waals surface area contributed by atoms with E-state index in [0.717, 1.165) is 22.7 Å². The van der Waals surface area contributed by atoms with E-state index in [1.807, 2.05) is 55.5 Å². The number of nitrogens with one attached hydrogen (secondary N) is 1. The molecule has 1 heterocycles. The number of carboxylic acids is 1. The lowest BCUT2D eigenvalue weighted by Crippen LogP contribution is -1.99. The predicted molar refractivity (Wildman–Crippen MR) is 106 cm³/mol. The maximum absolute atomic E-state index is 11.3. The summed E-state index contributed by atoms with van der Waals surface area (Å²) in [5.74, 6) is 0.649. The van der Waals surface area contributed by atoms with Crippen LogP contribution in [0.1, 0.15) is 11.8 Å². The molecule has 6 nitrogen and oxygen atoms in total. The molecule has 1 aromatic heterocycles. The molecule has 0 aliphatic heterocycles. The molecule has 0 bridgehead atoms. The van der Waals surface area contributed by atoms with Crippen LogP contribution in [0.3, 0.4) is 0 Å². The third kappa shape index (κ3) is 4.77. The lowest BCUT2D eigenvalue weighted by atomic mass is 10.1. The minimum absolute atomic E-state index is 0.0789. The average molecular weight is 384 g/mol. The summed E-state index contributed by atoms with van der Waals surface area (Å²) in [6.07, 6.45) is -0.0789. The molecule has 3 aromatic rings. The molecule has 0 amide bonds. The summed E-state index contributed by atoms with van der Waals surface area (Å²) in [6.45, 7) is 2.52. The van der Waals surface area contributed by atoms with E-state index in [1.54, 1.807) is 7.11 Å². The van der Waals surface area contributed by atoms with Gasteiger partial charge in [0, 0.05) is 16.1 Å². The van der Waals surface area contributed by atoms with Gasteiger partial charge in [0.25, 0.3) is 0 Å². The Labute approximate surface area is 161 Å². The van der Waals surface area contributed by atoms with Crippen molar-refractivity contribution >= 4 is 28.1 Å². The standard InChI is InChI=1S/C20H20N2O4S/c1-3-26-16-8-4-13(5-9-16)19-17(12-18(23)24)27-20(22-19)21-14-6-10-15(25-2)11-7-14/h4-11H,3,12H2,1-2H3,(H,21,22)(H,23,24). The van der Waals surface area contributed by atoms with Crippen LogP contribution in [0.2, 0.25) is 0 Å². The molecule has 0 spiro atoms. The zero-order valence-corrected chi connectivity index (χ0v) is 15.9.